The lowest BCUT2D eigenvalue weighted by Crippen LogP contribution is -2.41. The molecule has 2 N–H and O–H groups in total. The molecule has 23 heavy (non-hydrogen) atoms. The van der Waals surface area contributed by atoms with Crippen molar-refractivity contribution in [1.82, 2.24) is 20.4 Å². The van der Waals surface area contributed by atoms with Crippen LogP contribution in [0.4, 0.5) is 4.79 Å². The van der Waals surface area contributed by atoms with Gasteiger partial charge in [0.15, 0.2) is 5.82 Å². The average molecular weight is 324 g/mol. The van der Waals surface area contributed by atoms with E-state index in [-0.39, 0.29) is 24.0 Å². The van der Waals surface area contributed by atoms with E-state index in [4.69, 9.17) is 4.52 Å². The Labute approximate surface area is 137 Å². The fourth-order valence-electron chi connectivity index (χ4n) is 2.84. The van der Waals surface area contributed by atoms with Crippen LogP contribution in [0.2, 0.25) is 0 Å². The smallest absolute Gasteiger partial charge is 0.317 e. The summed E-state index contributed by atoms with van der Waals surface area (Å²) in [5, 5.41) is 16.6. The molecule has 0 bridgehead atoms. The molecule has 1 fully saturated rings. The topological polar surface area (TPSA) is 91.5 Å². The third-order valence-electron chi connectivity index (χ3n) is 4.32. The van der Waals surface area contributed by atoms with Crippen LogP contribution in [0, 0.1) is 5.92 Å². The number of hydrogen-bond acceptors (Lipinski definition) is 5. The van der Waals surface area contributed by atoms with Gasteiger partial charge in [0.1, 0.15) is 0 Å². The lowest BCUT2D eigenvalue weighted by molar-refractivity contribution is 0.114. The Morgan fingerprint density at radius 3 is 2.87 bits per heavy atom. The van der Waals surface area contributed by atoms with Crippen molar-refractivity contribution < 1.29 is 14.4 Å². The number of carbonyl (C=O) groups is 1. The van der Waals surface area contributed by atoms with Gasteiger partial charge in [-0.05, 0) is 19.3 Å². The van der Waals surface area contributed by atoms with Gasteiger partial charge < -0.3 is 19.8 Å². The quantitative estimate of drug-likeness (QED) is 0.748. The minimum Gasteiger partial charge on any atom is -0.393 e. The molecule has 0 saturated heterocycles. The molecule has 1 aliphatic carbocycles. The summed E-state index contributed by atoms with van der Waals surface area (Å²) in [5.41, 5.74) is 0. The summed E-state index contributed by atoms with van der Waals surface area (Å²) in [5.74, 6) is 1.80. The van der Waals surface area contributed by atoms with Crippen LogP contribution in [-0.2, 0) is 6.42 Å². The van der Waals surface area contributed by atoms with Crippen molar-refractivity contribution in [3.05, 3.63) is 11.7 Å². The van der Waals surface area contributed by atoms with E-state index in [1.165, 1.54) is 0 Å². The molecule has 1 aromatic heterocycles. The molecule has 0 radical (unpaired) electrons. The number of aryl methyl sites for hydroxylation is 1. The molecule has 2 amide bonds. The Bertz CT molecular complexity index is 503. The van der Waals surface area contributed by atoms with Crippen LogP contribution in [0.3, 0.4) is 0 Å². The van der Waals surface area contributed by atoms with Gasteiger partial charge in [0.25, 0.3) is 0 Å². The van der Waals surface area contributed by atoms with E-state index in [9.17, 15) is 9.90 Å². The molecule has 2 unspecified atom stereocenters. The highest BCUT2D eigenvalue weighted by atomic mass is 16.5. The second-order valence-corrected chi connectivity index (χ2v) is 6.68. The van der Waals surface area contributed by atoms with E-state index in [1.54, 1.807) is 11.9 Å². The zero-order valence-electron chi connectivity index (χ0n) is 14.3. The van der Waals surface area contributed by atoms with Crippen LogP contribution in [-0.4, -0.2) is 52.4 Å². The SMILES string of the molecule is CC(C)c1noc(CCCNC(=O)N(C)CC2CCCC2O)n1. The lowest BCUT2D eigenvalue weighted by Gasteiger charge is -2.23. The second-order valence-electron chi connectivity index (χ2n) is 6.68. The fraction of sp³-hybridized carbons (Fsp3) is 0.812. The monoisotopic (exact) mass is 324 g/mol. The molecule has 1 aliphatic rings. The summed E-state index contributed by atoms with van der Waals surface area (Å²) in [6.45, 7) is 5.21. The molecular weight excluding hydrogens is 296 g/mol. The summed E-state index contributed by atoms with van der Waals surface area (Å²) in [6, 6.07) is -0.0995. The maximum atomic E-state index is 12.0. The fourth-order valence-corrected chi connectivity index (χ4v) is 2.84. The number of hydrogen-bond donors (Lipinski definition) is 2. The van der Waals surface area contributed by atoms with Crippen molar-refractivity contribution in [2.24, 2.45) is 5.92 Å². The van der Waals surface area contributed by atoms with Crippen molar-refractivity contribution in [2.45, 2.75) is 58.0 Å². The van der Waals surface area contributed by atoms with E-state index >= 15 is 0 Å². The number of aliphatic hydroxyl groups excluding tert-OH is 1. The Balaban J connectivity index is 1.63. The largest absolute Gasteiger partial charge is 0.393 e. The van der Waals surface area contributed by atoms with Crippen LogP contribution in [0.25, 0.3) is 0 Å². The predicted octanol–water partition coefficient (Wildman–Crippen LogP) is 1.93. The van der Waals surface area contributed by atoms with Crippen LogP contribution < -0.4 is 5.32 Å². The Hall–Kier alpha value is -1.63. The Morgan fingerprint density at radius 2 is 2.26 bits per heavy atom. The molecule has 7 nitrogen and oxygen atoms in total. The normalized spacial score (nSPS) is 20.9. The van der Waals surface area contributed by atoms with Crippen molar-refractivity contribution in [3.63, 3.8) is 0 Å². The van der Waals surface area contributed by atoms with Crippen molar-refractivity contribution in [3.8, 4) is 0 Å². The van der Waals surface area contributed by atoms with Gasteiger partial charge in [-0.3, -0.25) is 0 Å². The van der Waals surface area contributed by atoms with Crippen molar-refractivity contribution in [2.75, 3.05) is 20.1 Å². The molecule has 7 heteroatoms. The third-order valence-corrected chi connectivity index (χ3v) is 4.32. The summed E-state index contributed by atoms with van der Waals surface area (Å²) in [7, 11) is 1.77. The number of aliphatic hydroxyl groups is 1. The number of nitrogens with one attached hydrogen (secondary N) is 1. The van der Waals surface area contributed by atoms with E-state index in [2.05, 4.69) is 15.5 Å². The molecule has 1 heterocycles. The summed E-state index contributed by atoms with van der Waals surface area (Å²) < 4.78 is 5.17. The first-order valence-corrected chi connectivity index (χ1v) is 8.47. The van der Waals surface area contributed by atoms with Gasteiger partial charge in [-0.25, -0.2) is 4.79 Å². The molecule has 0 aliphatic heterocycles. The van der Waals surface area contributed by atoms with Gasteiger partial charge >= 0.3 is 6.03 Å². The first-order chi connectivity index (χ1) is 11.0. The highest BCUT2D eigenvalue weighted by molar-refractivity contribution is 5.73. The molecule has 1 aromatic rings. The maximum absolute atomic E-state index is 12.0. The molecule has 2 rings (SSSR count). The number of carbonyl (C=O) groups excluding carboxylic acids is 1. The summed E-state index contributed by atoms with van der Waals surface area (Å²) >= 11 is 0. The van der Waals surface area contributed by atoms with Crippen LogP contribution in [0.1, 0.15) is 57.2 Å². The zero-order chi connectivity index (χ0) is 16.8. The molecule has 130 valence electrons. The molecular formula is C16H28N4O3. The number of aromatic nitrogens is 2. The molecule has 2 atom stereocenters. The number of amides is 2. The Kier molecular flexibility index (Phi) is 6.38. The molecule has 1 saturated carbocycles. The Morgan fingerprint density at radius 1 is 1.48 bits per heavy atom. The minimum absolute atomic E-state index is 0.0995. The lowest BCUT2D eigenvalue weighted by atomic mass is 10.1. The van der Waals surface area contributed by atoms with Gasteiger partial charge in [-0.1, -0.05) is 25.4 Å². The third kappa shape index (κ3) is 5.20. The second kappa shape index (κ2) is 8.29. The summed E-state index contributed by atoms with van der Waals surface area (Å²) in [4.78, 5) is 18.0. The number of rotatable bonds is 7. The van der Waals surface area contributed by atoms with E-state index < -0.39 is 0 Å². The van der Waals surface area contributed by atoms with Crippen LogP contribution >= 0.6 is 0 Å². The van der Waals surface area contributed by atoms with Crippen LogP contribution in [0.15, 0.2) is 4.52 Å². The maximum Gasteiger partial charge on any atom is 0.317 e. The van der Waals surface area contributed by atoms with Gasteiger partial charge in [0, 0.05) is 38.4 Å². The van der Waals surface area contributed by atoms with E-state index in [0.29, 0.717) is 25.4 Å². The average Bonchev–Trinajstić information content (AvgIpc) is 3.13. The van der Waals surface area contributed by atoms with E-state index in [1.807, 2.05) is 13.8 Å². The highest BCUT2D eigenvalue weighted by Crippen LogP contribution is 2.25. The number of nitrogens with zero attached hydrogens (tertiary/aromatic N) is 3. The van der Waals surface area contributed by atoms with Crippen molar-refractivity contribution >= 4 is 6.03 Å². The van der Waals surface area contributed by atoms with Gasteiger partial charge in [-0.15, -0.1) is 0 Å². The summed E-state index contributed by atoms with van der Waals surface area (Å²) in [6.07, 6.45) is 4.04. The first kappa shape index (κ1) is 17.7. The van der Waals surface area contributed by atoms with Gasteiger partial charge in [0.05, 0.1) is 6.10 Å². The van der Waals surface area contributed by atoms with Gasteiger partial charge in [-0.2, -0.15) is 4.98 Å². The molecule has 0 spiro atoms. The molecule has 0 aromatic carbocycles. The minimum atomic E-state index is -0.266. The van der Waals surface area contributed by atoms with Gasteiger partial charge in [0.2, 0.25) is 5.89 Å². The standard InChI is InChI=1S/C16H28N4O3/c1-11(2)15-18-14(23-19-15)8-5-9-17-16(22)20(3)10-12-6-4-7-13(12)21/h11-13,21H,4-10H2,1-3H3,(H,17,22). The number of urea groups is 1. The van der Waals surface area contributed by atoms with Crippen LogP contribution in [0.5, 0.6) is 0 Å². The first-order valence-electron chi connectivity index (χ1n) is 8.47. The zero-order valence-corrected chi connectivity index (χ0v) is 14.3. The van der Waals surface area contributed by atoms with Crippen molar-refractivity contribution in [1.29, 1.82) is 0 Å². The highest BCUT2D eigenvalue weighted by Gasteiger charge is 2.27. The predicted molar refractivity (Wildman–Crippen MR) is 86.1 cm³/mol. The van der Waals surface area contributed by atoms with E-state index in [0.717, 1.165) is 31.5 Å².